The van der Waals surface area contributed by atoms with Crippen molar-refractivity contribution in [1.29, 1.82) is 0 Å². The molecule has 2 rings (SSSR count). The van der Waals surface area contributed by atoms with E-state index in [9.17, 15) is 4.79 Å². The first-order valence-corrected chi connectivity index (χ1v) is 7.57. The smallest absolute Gasteiger partial charge is 0.341 e. The highest BCUT2D eigenvalue weighted by Crippen LogP contribution is 2.23. The molecule has 0 saturated heterocycles. The molecule has 0 aliphatic carbocycles. The Labute approximate surface area is 150 Å². The summed E-state index contributed by atoms with van der Waals surface area (Å²) in [5, 5.41) is 9.95. The molecule has 2 aromatic carbocycles. The van der Waals surface area contributed by atoms with Crippen LogP contribution in [0, 0.1) is 0 Å². The molecule has 2 aromatic rings. The summed E-state index contributed by atoms with van der Waals surface area (Å²) in [6.45, 7) is -0.0274. The number of benzene rings is 2. The third-order valence-electron chi connectivity index (χ3n) is 2.99. The zero-order valence-corrected chi connectivity index (χ0v) is 15.0. The molecular weight excluding hydrogens is 355 g/mol. The number of aliphatic hydroxyl groups is 1. The highest BCUT2D eigenvalue weighted by molar-refractivity contribution is 6.31. The van der Waals surface area contributed by atoms with E-state index in [1.807, 2.05) is 0 Å². The second-order valence-corrected chi connectivity index (χ2v) is 5.32. The maximum Gasteiger partial charge on any atom is 0.341 e. The Kier molecular flexibility index (Phi) is 8.40. The SMILES string of the molecule is COC(=O)c1ccc(Cl)cc1OC.COc1cc(Cl)ccc1CO. The van der Waals surface area contributed by atoms with Gasteiger partial charge in [-0.25, -0.2) is 4.79 Å². The lowest BCUT2D eigenvalue weighted by Gasteiger charge is -2.06. The predicted octanol–water partition coefficient (Wildman–Crippen LogP) is 3.98. The number of methoxy groups -OCH3 is 3. The monoisotopic (exact) mass is 372 g/mol. The van der Waals surface area contributed by atoms with Gasteiger partial charge in [-0.3, -0.25) is 0 Å². The summed E-state index contributed by atoms with van der Waals surface area (Å²) < 4.78 is 14.5. The molecule has 0 atom stereocenters. The summed E-state index contributed by atoms with van der Waals surface area (Å²) in [5.74, 6) is 0.605. The molecular formula is C17H18Cl2O5. The van der Waals surface area contributed by atoms with E-state index in [0.717, 1.165) is 5.56 Å². The van der Waals surface area contributed by atoms with Crippen molar-refractivity contribution in [2.24, 2.45) is 0 Å². The Bertz CT molecular complexity index is 689. The van der Waals surface area contributed by atoms with E-state index in [-0.39, 0.29) is 6.61 Å². The largest absolute Gasteiger partial charge is 0.496 e. The number of hydrogen-bond acceptors (Lipinski definition) is 5. The molecule has 0 bridgehead atoms. The lowest BCUT2D eigenvalue weighted by molar-refractivity contribution is 0.0597. The second-order valence-electron chi connectivity index (χ2n) is 4.45. The normalized spacial score (nSPS) is 9.58. The van der Waals surface area contributed by atoms with E-state index in [4.69, 9.17) is 37.8 Å². The Hall–Kier alpha value is -1.95. The Balaban J connectivity index is 0.000000243. The van der Waals surface area contributed by atoms with Gasteiger partial charge in [0.1, 0.15) is 17.1 Å². The third-order valence-corrected chi connectivity index (χ3v) is 3.46. The fraction of sp³-hybridized carbons (Fsp3) is 0.235. The van der Waals surface area contributed by atoms with Crippen LogP contribution in [0.25, 0.3) is 0 Å². The van der Waals surface area contributed by atoms with Crippen LogP contribution >= 0.6 is 23.2 Å². The van der Waals surface area contributed by atoms with Crippen molar-refractivity contribution >= 4 is 29.2 Å². The van der Waals surface area contributed by atoms with E-state index in [1.165, 1.54) is 14.2 Å². The van der Waals surface area contributed by atoms with Crippen molar-refractivity contribution < 1.29 is 24.1 Å². The molecule has 0 radical (unpaired) electrons. The van der Waals surface area contributed by atoms with E-state index in [2.05, 4.69) is 4.74 Å². The molecule has 0 aromatic heterocycles. The van der Waals surface area contributed by atoms with Crippen molar-refractivity contribution in [1.82, 2.24) is 0 Å². The molecule has 7 heteroatoms. The molecule has 0 unspecified atom stereocenters. The first-order chi connectivity index (χ1) is 11.5. The van der Waals surface area contributed by atoms with Gasteiger partial charge in [0, 0.05) is 15.6 Å². The van der Waals surface area contributed by atoms with Gasteiger partial charge in [0.25, 0.3) is 0 Å². The molecule has 0 aliphatic heterocycles. The summed E-state index contributed by atoms with van der Waals surface area (Å²) in [7, 11) is 4.33. The van der Waals surface area contributed by atoms with Crippen molar-refractivity contribution in [2.45, 2.75) is 6.61 Å². The maximum atomic E-state index is 11.2. The summed E-state index contributed by atoms with van der Waals surface area (Å²) in [6, 6.07) is 9.86. The maximum absolute atomic E-state index is 11.2. The van der Waals surface area contributed by atoms with E-state index in [0.29, 0.717) is 27.1 Å². The van der Waals surface area contributed by atoms with E-state index in [1.54, 1.807) is 43.5 Å². The minimum absolute atomic E-state index is 0.0274. The Morgan fingerprint density at radius 2 is 1.50 bits per heavy atom. The zero-order valence-electron chi connectivity index (χ0n) is 13.5. The summed E-state index contributed by atoms with van der Waals surface area (Å²) in [4.78, 5) is 11.2. The molecule has 0 saturated carbocycles. The van der Waals surface area contributed by atoms with Crippen molar-refractivity contribution in [3.8, 4) is 11.5 Å². The number of rotatable bonds is 4. The van der Waals surface area contributed by atoms with Gasteiger partial charge in [-0.1, -0.05) is 29.3 Å². The fourth-order valence-electron chi connectivity index (χ4n) is 1.79. The van der Waals surface area contributed by atoms with Gasteiger partial charge in [0.15, 0.2) is 0 Å². The molecule has 5 nitrogen and oxygen atoms in total. The molecule has 0 amide bonds. The van der Waals surface area contributed by atoms with Crippen LogP contribution in [-0.2, 0) is 11.3 Å². The van der Waals surface area contributed by atoms with Gasteiger partial charge in [-0.15, -0.1) is 0 Å². The predicted molar refractivity (Wildman–Crippen MR) is 93.3 cm³/mol. The summed E-state index contributed by atoms with van der Waals surface area (Å²) in [6.07, 6.45) is 0. The summed E-state index contributed by atoms with van der Waals surface area (Å²) >= 11 is 11.4. The van der Waals surface area contributed by atoms with Gasteiger partial charge >= 0.3 is 5.97 Å². The second kappa shape index (κ2) is 10.0. The lowest BCUT2D eigenvalue weighted by Crippen LogP contribution is -2.03. The Morgan fingerprint density at radius 3 is 2.00 bits per heavy atom. The number of hydrogen-bond donors (Lipinski definition) is 1. The van der Waals surface area contributed by atoms with E-state index >= 15 is 0 Å². The number of aliphatic hydroxyl groups excluding tert-OH is 1. The first kappa shape index (κ1) is 20.1. The van der Waals surface area contributed by atoms with Crippen LogP contribution < -0.4 is 9.47 Å². The third kappa shape index (κ3) is 5.60. The molecule has 24 heavy (non-hydrogen) atoms. The number of carbonyl (C=O) groups is 1. The lowest BCUT2D eigenvalue weighted by atomic mass is 10.2. The van der Waals surface area contributed by atoms with Crippen LogP contribution in [0.5, 0.6) is 11.5 Å². The molecule has 0 fully saturated rings. The van der Waals surface area contributed by atoms with Gasteiger partial charge in [0.2, 0.25) is 0 Å². The molecule has 0 aliphatic rings. The van der Waals surface area contributed by atoms with Crippen molar-refractivity contribution in [3.05, 3.63) is 57.6 Å². The zero-order chi connectivity index (χ0) is 18.1. The van der Waals surface area contributed by atoms with Crippen LogP contribution in [0.3, 0.4) is 0 Å². The Morgan fingerprint density at radius 1 is 0.958 bits per heavy atom. The summed E-state index contributed by atoms with van der Waals surface area (Å²) in [5.41, 5.74) is 1.12. The number of halogens is 2. The molecule has 0 heterocycles. The number of ether oxygens (including phenoxy) is 3. The van der Waals surface area contributed by atoms with Gasteiger partial charge < -0.3 is 19.3 Å². The van der Waals surface area contributed by atoms with Crippen LogP contribution in [0.1, 0.15) is 15.9 Å². The number of esters is 1. The van der Waals surface area contributed by atoms with E-state index < -0.39 is 5.97 Å². The van der Waals surface area contributed by atoms with Crippen molar-refractivity contribution in [3.63, 3.8) is 0 Å². The minimum atomic E-state index is -0.437. The van der Waals surface area contributed by atoms with Crippen molar-refractivity contribution in [2.75, 3.05) is 21.3 Å². The van der Waals surface area contributed by atoms with Crippen LogP contribution in [0.4, 0.5) is 0 Å². The topological polar surface area (TPSA) is 65.0 Å². The minimum Gasteiger partial charge on any atom is -0.496 e. The molecule has 1 N–H and O–H groups in total. The van der Waals surface area contributed by atoms with Gasteiger partial charge in [0.05, 0.1) is 27.9 Å². The van der Waals surface area contributed by atoms with Crippen LogP contribution in [0.2, 0.25) is 10.0 Å². The first-order valence-electron chi connectivity index (χ1n) is 6.82. The quantitative estimate of drug-likeness (QED) is 0.822. The van der Waals surface area contributed by atoms with Gasteiger partial charge in [-0.05, 0) is 30.3 Å². The average molecular weight is 373 g/mol. The average Bonchev–Trinajstić information content (AvgIpc) is 2.61. The standard InChI is InChI=1S/C9H9ClO3.C8H9ClO2/c1-12-8-5-6(10)3-4-7(8)9(11)13-2;1-11-8-4-7(9)3-2-6(8)5-10/h3-5H,1-2H3;2-4,10H,5H2,1H3. The van der Waals surface area contributed by atoms with Gasteiger partial charge in [-0.2, -0.15) is 0 Å². The fourth-order valence-corrected chi connectivity index (χ4v) is 2.12. The van der Waals surface area contributed by atoms with Crippen LogP contribution in [0.15, 0.2) is 36.4 Å². The molecule has 0 spiro atoms. The highest BCUT2D eigenvalue weighted by atomic mass is 35.5. The highest BCUT2D eigenvalue weighted by Gasteiger charge is 2.12. The molecule has 130 valence electrons. The van der Waals surface area contributed by atoms with Crippen LogP contribution in [-0.4, -0.2) is 32.4 Å². The number of carbonyl (C=O) groups excluding carboxylic acids is 1.